The molecule has 6 heteroatoms. The molecule has 0 spiro atoms. The summed E-state index contributed by atoms with van der Waals surface area (Å²) in [6, 6.07) is 20.6. The Bertz CT molecular complexity index is 1130. The van der Waals surface area contributed by atoms with Gasteiger partial charge in [0.2, 0.25) is 0 Å². The third-order valence-electron chi connectivity index (χ3n) is 4.51. The highest BCUT2D eigenvalue weighted by atomic mass is 16.5. The van der Waals surface area contributed by atoms with Crippen LogP contribution in [0.2, 0.25) is 0 Å². The maximum Gasteiger partial charge on any atom is 0.259 e. The van der Waals surface area contributed by atoms with E-state index in [9.17, 15) is 4.79 Å². The van der Waals surface area contributed by atoms with Crippen molar-refractivity contribution >= 4 is 22.6 Å². The number of anilines is 1. The zero-order chi connectivity index (χ0) is 19.5. The first kappa shape index (κ1) is 17.6. The van der Waals surface area contributed by atoms with Crippen LogP contribution in [0.4, 0.5) is 5.69 Å². The largest absolute Gasteiger partial charge is 0.497 e. The first-order chi connectivity index (χ1) is 13.7. The van der Waals surface area contributed by atoms with Gasteiger partial charge in [0, 0.05) is 11.4 Å². The number of amides is 1. The predicted octanol–water partition coefficient (Wildman–Crippen LogP) is 4.30. The van der Waals surface area contributed by atoms with Gasteiger partial charge in [0.15, 0.2) is 0 Å². The number of rotatable bonds is 5. The number of benzene rings is 3. The summed E-state index contributed by atoms with van der Waals surface area (Å²) in [6.07, 6.45) is 1.79. The highest BCUT2D eigenvalue weighted by molar-refractivity contribution is 6.06. The Morgan fingerprint density at radius 3 is 2.50 bits per heavy atom. The Morgan fingerprint density at radius 2 is 1.75 bits per heavy atom. The van der Waals surface area contributed by atoms with Gasteiger partial charge >= 0.3 is 0 Å². The zero-order valence-electron chi connectivity index (χ0n) is 15.5. The topological polar surface area (TPSA) is 65.4 Å². The van der Waals surface area contributed by atoms with Crippen LogP contribution in [0.1, 0.15) is 10.4 Å². The van der Waals surface area contributed by atoms with Crippen molar-refractivity contribution < 1.29 is 14.3 Å². The van der Waals surface area contributed by atoms with Crippen molar-refractivity contribution in [3.05, 3.63) is 78.6 Å². The van der Waals surface area contributed by atoms with E-state index in [0.29, 0.717) is 22.7 Å². The Morgan fingerprint density at radius 1 is 0.964 bits per heavy atom. The number of imidazole rings is 1. The van der Waals surface area contributed by atoms with Gasteiger partial charge in [-0.25, -0.2) is 4.98 Å². The van der Waals surface area contributed by atoms with Gasteiger partial charge in [-0.3, -0.25) is 9.36 Å². The molecule has 4 aromatic rings. The monoisotopic (exact) mass is 373 g/mol. The lowest BCUT2D eigenvalue weighted by Gasteiger charge is -2.11. The molecule has 0 unspecified atom stereocenters. The number of methoxy groups -OCH3 is 2. The summed E-state index contributed by atoms with van der Waals surface area (Å²) < 4.78 is 12.5. The summed E-state index contributed by atoms with van der Waals surface area (Å²) in [7, 11) is 3.09. The lowest BCUT2D eigenvalue weighted by molar-refractivity contribution is 0.102. The van der Waals surface area contributed by atoms with Crippen LogP contribution in [-0.2, 0) is 0 Å². The van der Waals surface area contributed by atoms with Crippen LogP contribution in [0.3, 0.4) is 0 Å². The Labute approximate surface area is 162 Å². The number of para-hydroxylation sites is 2. The lowest BCUT2D eigenvalue weighted by Crippen LogP contribution is -2.13. The van der Waals surface area contributed by atoms with Gasteiger partial charge in [-0.15, -0.1) is 0 Å². The zero-order valence-corrected chi connectivity index (χ0v) is 15.5. The fourth-order valence-corrected chi connectivity index (χ4v) is 3.06. The Balaban J connectivity index is 1.57. The van der Waals surface area contributed by atoms with Crippen molar-refractivity contribution in [1.82, 2.24) is 9.55 Å². The van der Waals surface area contributed by atoms with Crippen molar-refractivity contribution in [2.24, 2.45) is 0 Å². The van der Waals surface area contributed by atoms with E-state index in [1.807, 2.05) is 53.1 Å². The molecule has 0 aliphatic rings. The smallest absolute Gasteiger partial charge is 0.259 e. The summed E-state index contributed by atoms with van der Waals surface area (Å²) in [5.74, 6) is 0.810. The van der Waals surface area contributed by atoms with Gasteiger partial charge in [0.05, 0.1) is 30.8 Å². The van der Waals surface area contributed by atoms with Crippen LogP contribution in [0.5, 0.6) is 11.5 Å². The molecule has 1 heterocycles. The van der Waals surface area contributed by atoms with Crippen molar-refractivity contribution in [3.63, 3.8) is 0 Å². The van der Waals surface area contributed by atoms with E-state index >= 15 is 0 Å². The number of aromatic nitrogens is 2. The van der Waals surface area contributed by atoms with Crippen molar-refractivity contribution in [2.45, 2.75) is 0 Å². The summed E-state index contributed by atoms with van der Waals surface area (Å²) in [4.78, 5) is 17.1. The molecule has 0 bridgehead atoms. The van der Waals surface area contributed by atoms with Gasteiger partial charge in [0.1, 0.15) is 17.8 Å². The molecule has 0 saturated heterocycles. The van der Waals surface area contributed by atoms with Crippen LogP contribution in [-0.4, -0.2) is 29.7 Å². The molecule has 0 atom stereocenters. The lowest BCUT2D eigenvalue weighted by atomic mass is 10.1. The van der Waals surface area contributed by atoms with Gasteiger partial charge < -0.3 is 14.8 Å². The molecule has 1 N–H and O–H groups in total. The normalized spacial score (nSPS) is 10.6. The van der Waals surface area contributed by atoms with Gasteiger partial charge in [-0.1, -0.05) is 12.1 Å². The SMILES string of the molecule is COc1ccc(OC)c(C(=O)Nc2ccc(-n3cnc4ccccc43)cc2)c1. The van der Waals surface area contributed by atoms with Crippen molar-refractivity contribution in [3.8, 4) is 17.2 Å². The van der Waals surface area contributed by atoms with Gasteiger partial charge in [0.25, 0.3) is 5.91 Å². The maximum absolute atomic E-state index is 12.7. The van der Waals surface area contributed by atoms with Crippen LogP contribution in [0.15, 0.2) is 73.1 Å². The number of nitrogens with one attached hydrogen (secondary N) is 1. The third-order valence-corrected chi connectivity index (χ3v) is 4.51. The second kappa shape index (κ2) is 7.44. The predicted molar refractivity (Wildman–Crippen MR) is 109 cm³/mol. The molecule has 28 heavy (non-hydrogen) atoms. The highest BCUT2D eigenvalue weighted by Gasteiger charge is 2.14. The van der Waals surface area contributed by atoms with Crippen LogP contribution in [0.25, 0.3) is 16.7 Å². The fourth-order valence-electron chi connectivity index (χ4n) is 3.06. The molecule has 1 aromatic heterocycles. The number of hydrogen-bond donors (Lipinski definition) is 1. The first-order valence-corrected chi connectivity index (χ1v) is 8.75. The average Bonchev–Trinajstić information content (AvgIpc) is 3.18. The average molecular weight is 373 g/mol. The van der Waals surface area contributed by atoms with E-state index < -0.39 is 0 Å². The molecule has 3 aromatic carbocycles. The number of nitrogens with zero attached hydrogens (tertiary/aromatic N) is 2. The highest BCUT2D eigenvalue weighted by Crippen LogP contribution is 2.25. The molecule has 140 valence electrons. The van der Waals surface area contributed by atoms with E-state index in [-0.39, 0.29) is 5.91 Å². The molecule has 1 amide bonds. The first-order valence-electron chi connectivity index (χ1n) is 8.75. The molecule has 6 nitrogen and oxygen atoms in total. The van der Waals surface area contributed by atoms with Crippen LogP contribution >= 0.6 is 0 Å². The van der Waals surface area contributed by atoms with Crippen molar-refractivity contribution in [2.75, 3.05) is 19.5 Å². The molecule has 0 saturated carbocycles. The number of hydrogen-bond acceptors (Lipinski definition) is 4. The van der Waals surface area contributed by atoms with Crippen molar-refractivity contribution in [1.29, 1.82) is 0 Å². The van der Waals surface area contributed by atoms with E-state index in [1.54, 1.807) is 31.6 Å². The van der Waals surface area contributed by atoms with Gasteiger partial charge in [-0.05, 0) is 54.6 Å². The summed E-state index contributed by atoms with van der Waals surface area (Å²) in [5.41, 5.74) is 4.02. The Hall–Kier alpha value is -3.80. The molecule has 0 aliphatic carbocycles. The second-order valence-electron chi connectivity index (χ2n) is 6.17. The number of fused-ring (bicyclic) bond motifs is 1. The van der Waals surface area contributed by atoms with E-state index in [0.717, 1.165) is 16.7 Å². The number of ether oxygens (including phenoxy) is 2. The molecule has 0 radical (unpaired) electrons. The molecular formula is C22H19N3O3. The quantitative estimate of drug-likeness (QED) is 0.567. The summed E-state index contributed by atoms with van der Waals surface area (Å²) in [5, 5.41) is 2.89. The molecule has 0 aliphatic heterocycles. The molecule has 0 fully saturated rings. The number of carbonyl (C=O) groups is 1. The molecule has 4 rings (SSSR count). The van der Waals surface area contributed by atoms with Crippen LogP contribution in [0, 0.1) is 0 Å². The van der Waals surface area contributed by atoms with E-state index in [2.05, 4.69) is 10.3 Å². The standard InChI is InChI=1S/C22H19N3O3/c1-27-17-11-12-21(28-2)18(13-17)22(26)24-15-7-9-16(10-8-15)25-14-23-19-5-3-4-6-20(19)25/h3-14H,1-2H3,(H,24,26). The minimum Gasteiger partial charge on any atom is -0.497 e. The third kappa shape index (κ3) is 3.27. The summed E-state index contributed by atoms with van der Waals surface area (Å²) >= 11 is 0. The van der Waals surface area contributed by atoms with Crippen LogP contribution < -0.4 is 14.8 Å². The summed E-state index contributed by atoms with van der Waals surface area (Å²) in [6.45, 7) is 0. The maximum atomic E-state index is 12.7. The van der Waals surface area contributed by atoms with E-state index in [4.69, 9.17) is 9.47 Å². The number of carbonyl (C=O) groups excluding carboxylic acids is 1. The fraction of sp³-hybridized carbons (Fsp3) is 0.0909. The second-order valence-corrected chi connectivity index (χ2v) is 6.17. The minimum absolute atomic E-state index is 0.267. The van der Waals surface area contributed by atoms with Gasteiger partial charge in [-0.2, -0.15) is 0 Å². The van der Waals surface area contributed by atoms with E-state index in [1.165, 1.54) is 7.11 Å². The Kier molecular flexibility index (Phi) is 4.68. The molecular weight excluding hydrogens is 354 g/mol. The minimum atomic E-state index is -0.267.